The average molecular weight is 877 g/mol. The molecule has 0 N–H and O–H groups in total. The standard InChI is InChI=1S/C14H16.2C13H16.2C12H16N/c1-14(2,3)13-9-8-11-6-4-5-7-12(11)10-13;2*1-13(2,3)12-8-7-10-5-4-6-11(10)9-12;1-12(2,3)10-6-7-11-5-4-8-13(11)9-10;1-12(2,3)10-6-8-13-7-4-5-11(13)9-10/h4-10H,1-3H3;4*4,6-9H,5H2,1-3H3/q;;;2*+1. The van der Waals surface area contributed by atoms with Crippen molar-refractivity contribution in [2.45, 2.75) is 157 Å². The van der Waals surface area contributed by atoms with Gasteiger partial charge in [-0.05, 0) is 113 Å². The monoisotopic (exact) mass is 877 g/mol. The van der Waals surface area contributed by atoms with Gasteiger partial charge >= 0.3 is 0 Å². The van der Waals surface area contributed by atoms with Crippen molar-refractivity contribution < 1.29 is 9.13 Å². The normalized spacial score (nSPS) is 14.1. The van der Waals surface area contributed by atoms with Gasteiger partial charge in [-0.1, -0.05) is 207 Å². The molecule has 344 valence electrons. The molecule has 4 heterocycles. The van der Waals surface area contributed by atoms with Crippen molar-refractivity contribution in [1.82, 2.24) is 0 Å². The second-order valence-corrected chi connectivity index (χ2v) is 23.7. The van der Waals surface area contributed by atoms with E-state index in [1.165, 1.54) is 72.2 Å². The number of rotatable bonds is 0. The first-order valence-electron chi connectivity index (χ1n) is 24.4. The summed E-state index contributed by atoms with van der Waals surface area (Å²) in [5.74, 6) is 0. The molecule has 2 nitrogen and oxygen atoms in total. The van der Waals surface area contributed by atoms with Crippen LogP contribution in [0.15, 0.2) is 140 Å². The van der Waals surface area contributed by atoms with Gasteiger partial charge in [-0.15, -0.1) is 0 Å². The summed E-state index contributed by atoms with van der Waals surface area (Å²) in [4.78, 5) is 0. The molecule has 4 aromatic carbocycles. The molecule has 0 saturated heterocycles. The van der Waals surface area contributed by atoms with Gasteiger partial charge in [-0.3, -0.25) is 0 Å². The Kier molecular flexibility index (Phi) is 15.2. The van der Waals surface area contributed by atoms with Crippen molar-refractivity contribution in [1.29, 1.82) is 0 Å². The third-order valence-electron chi connectivity index (χ3n) is 13.0. The summed E-state index contributed by atoms with van der Waals surface area (Å²) in [6, 6.07) is 37.9. The first-order chi connectivity index (χ1) is 30.9. The molecule has 2 aliphatic carbocycles. The molecule has 0 bridgehead atoms. The fourth-order valence-electron chi connectivity index (χ4n) is 8.30. The zero-order valence-corrected chi connectivity index (χ0v) is 43.3. The van der Waals surface area contributed by atoms with E-state index in [0.717, 1.165) is 25.7 Å². The van der Waals surface area contributed by atoms with Gasteiger partial charge in [0.05, 0.1) is 12.8 Å². The van der Waals surface area contributed by atoms with E-state index in [1.807, 2.05) is 0 Å². The molecule has 0 atom stereocenters. The summed E-state index contributed by atoms with van der Waals surface area (Å²) in [6.45, 7) is 33.8. The molecule has 0 fully saturated rings. The molecule has 0 saturated carbocycles. The molecule has 2 aliphatic heterocycles. The minimum absolute atomic E-state index is 0.240. The molecule has 2 heteroatoms. The lowest BCUT2D eigenvalue weighted by atomic mass is 9.85. The Morgan fingerprint density at radius 2 is 0.788 bits per heavy atom. The van der Waals surface area contributed by atoms with Crippen LogP contribution in [0.1, 0.15) is 165 Å². The minimum atomic E-state index is 0.240. The topological polar surface area (TPSA) is 7.76 Å². The maximum absolute atomic E-state index is 2.32. The Bertz CT molecular complexity index is 2580. The van der Waals surface area contributed by atoms with Gasteiger partial charge in [-0.25, -0.2) is 0 Å². The van der Waals surface area contributed by atoms with Crippen LogP contribution in [0.25, 0.3) is 35.3 Å². The molecule has 0 unspecified atom stereocenters. The summed E-state index contributed by atoms with van der Waals surface area (Å²) < 4.78 is 4.41. The highest BCUT2D eigenvalue weighted by Gasteiger charge is 2.22. The van der Waals surface area contributed by atoms with Crippen molar-refractivity contribution in [3.8, 4) is 0 Å². The zero-order chi connectivity index (χ0) is 48.1. The number of aromatic nitrogens is 2. The van der Waals surface area contributed by atoms with Crippen molar-refractivity contribution >= 4 is 35.3 Å². The number of allylic oxidation sites excluding steroid dienone is 4. The Labute approximate surface area is 400 Å². The number of hydrogen-bond acceptors (Lipinski definition) is 0. The number of nitrogens with zero attached hydrogens (tertiary/aromatic N) is 2. The molecule has 10 rings (SSSR count). The van der Waals surface area contributed by atoms with Crippen LogP contribution in [0.3, 0.4) is 0 Å². The molecule has 4 aliphatic rings. The predicted molar refractivity (Wildman–Crippen MR) is 287 cm³/mol. The predicted octanol–water partition coefficient (Wildman–Crippen LogP) is 15.8. The van der Waals surface area contributed by atoms with E-state index in [4.69, 9.17) is 0 Å². The first-order valence-corrected chi connectivity index (χ1v) is 24.4. The highest BCUT2D eigenvalue weighted by Crippen LogP contribution is 2.30. The molecule has 66 heavy (non-hydrogen) atoms. The molecule has 0 radical (unpaired) electrons. The zero-order valence-electron chi connectivity index (χ0n) is 43.3. The van der Waals surface area contributed by atoms with Crippen molar-refractivity contribution in [3.05, 3.63) is 201 Å². The molecule has 0 spiro atoms. The third kappa shape index (κ3) is 13.3. The van der Waals surface area contributed by atoms with Crippen LogP contribution < -0.4 is 9.13 Å². The molecular weight excluding hydrogens is 797 g/mol. The average Bonchev–Trinajstić information content (AvgIpc) is 4.09. The van der Waals surface area contributed by atoms with E-state index in [2.05, 4.69) is 277 Å². The SMILES string of the molecule is CC(C)(C)c1cc[n+]2c(c1)CC=C2.CC(C)(C)c1ccc2[n+](c1)C=CC2.CC(C)(C)c1ccc2c(c1)C=CC2.CC(C)(C)c1ccc2c(c1)C=CC2.CC(C)(C)c1ccc2ccccc2c1. The number of hydrogen-bond donors (Lipinski definition) is 0. The summed E-state index contributed by atoms with van der Waals surface area (Å²) in [5, 5.41) is 2.65. The van der Waals surface area contributed by atoms with Crippen LogP contribution in [0.4, 0.5) is 0 Å². The Hall–Kier alpha value is -5.60. The van der Waals surface area contributed by atoms with Crippen molar-refractivity contribution in [2.75, 3.05) is 0 Å². The highest BCUT2D eigenvalue weighted by atomic mass is 15.0. The van der Waals surface area contributed by atoms with Gasteiger partial charge in [0.15, 0.2) is 36.2 Å². The van der Waals surface area contributed by atoms with E-state index in [0.29, 0.717) is 0 Å². The second-order valence-electron chi connectivity index (χ2n) is 23.7. The lowest BCUT2D eigenvalue weighted by Gasteiger charge is -2.19. The summed E-state index contributed by atoms with van der Waals surface area (Å²) in [7, 11) is 0. The Morgan fingerprint density at radius 3 is 1.32 bits per heavy atom. The van der Waals surface area contributed by atoms with Crippen LogP contribution in [-0.2, 0) is 52.8 Å². The van der Waals surface area contributed by atoms with Gasteiger partial charge in [0.25, 0.3) is 0 Å². The summed E-state index contributed by atoms with van der Waals surface area (Å²) in [6.07, 6.45) is 26.3. The van der Waals surface area contributed by atoms with Crippen molar-refractivity contribution in [3.63, 3.8) is 0 Å². The van der Waals surface area contributed by atoms with Gasteiger partial charge in [0, 0.05) is 23.8 Å². The van der Waals surface area contributed by atoms with Crippen LogP contribution in [0.2, 0.25) is 0 Å². The van der Waals surface area contributed by atoms with Gasteiger partial charge in [0.1, 0.15) is 0 Å². The number of fused-ring (bicyclic) bond motifs is 5. The fraction of sp³-hybridized carbons (Fsp3) is 0.375. The maximum atomic E-state index is 2.32. The van der Waals surface area contributed by atoms with Gasteiger partial charge < -0.3 is 0 Å². The lowest BCUT2D eigenvalue weighted by molar-refractivity contribution is -0.572. The quantitative estimate of drug-likeness (QED) is 0.134. The Balaban J connectivity index is 0.000000136. The summed E-state index contributed by atoms with van der Waals surface area (Å²) in [5.41, 5.74) is 16.9. The fourth-order valence-corrected chi connectivity index (χ4v) is 8.30. The van der Waals surface area contributed by atoms with Gasteiger partial charge in [0.2, 0.25) is 0 Å². The largest absolute Gasteiger partial charge is 0.191 e. The third-order valence-corrected chi connectivity index (χ3v) is 13.0. The second kappa shape index (κ2) is 20.1. The summed E-state index contributed by atoms with van der Waals surface area (Å²) >= 11 is 0. The Morgan fingerprint density at radius 1 is 0.348 bits per heavy atom. The van der Waals surface area contributed by atoms with Crippen LogP contribution in [0.5, 0.6) is 0 Å². The van der Waals surface area contributed by atoms with E-state index >= 15 is 0 Å². The minimum Gasteiger partial charge on any atom is -0.171 e. The van der Waals surface area contributed by atoms with Crippen molar-refractivity contribution in [2.24, 2.45) is 0 Å². The highest BCUT2D eigenvalue weighted by molar-refractivity contribution is 5.83. The van der Waals surface area contributed by atoms with E-state index in [1.54, 1.807) is 0 Å². The van der Waals surface area contributed by atoms with Crippen LogP contribution in [-0.4, -0.2) is 0 Å². The van der Waals surface area contributed by atoms with E-state index in [9.17, 15) is 0 Å². The van der Waals surface area contributed by atoms with E-state index in [-0.39, 0.29) is 27.1 Å². The first kappa shape index (κ1) is 49.8. The lowest BCUT2D eigenvalue weighted by Crippen LogP contribution is -2.30. The van der Waals surface area contributed by atoms with Gasteiger partial charge in [-0.2, -0.15) is 9.13 Å². The molecular formula is C64H80N2+2. The number of pyridine rings is 2. The van der Waals surface area contributed by atoms with Crippen LogP contribution >= 0.6 is 0 Å². The number of benzene rings is 4. The molecule has 0 amide bonds. The maximum Gasteiger partial charge on any atom is 0.191 e. The van der Waals surface area contributed by atoms with E-state index < -0.39 is 0 Å². The molecule has 6 aromatic rings. The smallest absolute Gasteiger partial charge is 0.171 e. The molecule has 2 aromatic heterocycles. The van der Waals surface area contributed by atoms with Crippen LogP contribution in [0, 0.1) is 0 Å².